The Morgan fingerprint density at radius 2 is 1.19 bits per heavy atom. The van der Waals surface area contributed by atoms with E-state index in [-0.39, 0.29) is 12.7 Å². The predicted molar refractivity (Wildman–Crippen MR) is 174 cm³/mol. The van der Waals surface area contributed by atoms with Crippen molar-refractivity contribution in [3.8, 4) is 0 Å². The van der Waals surface area contributed by atoms with Crippen molar-refractivity contribution in [2.24, 2.45) is 0 Å². The highest BCUT2D eigenvalue weighted by Crippen LogP contribution is 2.15. The molecule has 0 rings (SSSR count). The van der Waals surface area contributed by atoms with Crippen LogP contribution in [-0.2, 0) is 28.5 Å². The van der Waals surface area contributed by atoms with Crippen molar-refractivity contribution in [2.45, 2.75) is 167 Å². The van der Waals surface area contributed by atoms with Crippen LogP contribution >= 0.6 is 0 Å². The quantitative estimate of drug-likeness (QED) is 0.0610. The molecule has 2 atom stereocenters. The molecule has 9 heteroatoms. The van der Waals surface area contributed by atoms with Gasteiger partial charge < -0.3 is 19.5 Å². The summed E-state index contributed by atoms with van der Waals surface area (Å²) in [5.41, 5.74) is -0.626. The number of ether oxygens (including phenoxy) is 3. The Kier molecular flexibility index (Phi) is 27.0. The lowest BCUT2D eigenvalue weighted by molar-refractivity contribution is -0.0619. The minimum atomic E-state index is -3.34. The number of carbonyl (C=O) groups excluding carboxylic acids is 1. The summed E-state index contributed by atoms with van der Waals surface area (Å²) in [4.78, 5) is 12.3. The number of hydrogen-bond donors (Lipinski definition) is 1. The monoisotopic (exact) mass is 621 g/mol. The van der Waals surface area contributed by atoms with Crippen LogP contribution in [0.15, 0.2) is 0 Å². The van der Waals surface area contributed by atoms with E-state index in [2.05, 4.69) is 12.2 Å². The maximum absolute atomic E-state index is 12.3. The van der Waals surface area contributed by atoms with Gasteiger partial charge in [0.1, 0.15) is 11.7 Å². The van der Waals surface area contributed by atoms with Crippen LogP contribution in [0.25, 0.3) is 0 Å². The molecular weight excluding hydrogens is 554 g/mol. The fourth-order valence-electron chi connectivity index (χ4n) is 4.86. The minimum absolute atomic E-state index is 0.102. The highest BCUT2D eigenvalue weighted by molar-refractivity contribution is 7.85. The van der Waals surface area contributed by atoms with E-state index >= 15 is 0 Å². The van der Waals surface area contributed by atoms with Crippen LogP contribution in [0.5, 0.6) is 0 Å². The molecule has 0 aliphatic carbocycles. The summed E-state index contributed by atoms with van der Waals surface area (Å²) in [5.74, 6) is 0. The second kappa shape index (κ2) is 27.6. The van der Waals surface area contributed by atoms with Crippen molar-refractivity contribution in [1.82, 2.24) is 5.32 Å². The van der Waals surface area contributed by atoms with E-state index in [1.807, 2.05) is 13.8 Å². The van der Waals surface area contributed by atoms with Crippen LogP contribution in [0.4, 0.5) is 4.79 Å². The van der Waals surface area contributed by atoms with Gasteiger partial charge in [0.15, 0.2) is 0 Å². The van der Waals surface area contributed by atoms with Crippen LogP contribution in [-0.4, -0.2) is 65.9 Å². The lowest BCUT2D eigenvalue weighted by atomic mass is 10.0. The maximum Gasteiger partial charge on any atom is 0.407 e. The fraction of sp³-hybridized carbons (Fsp3) is 0.970. The van der Waals surface area contributed by atoms with Crippen molar-refractivity contribution in [1.29, 1.82) is 0 Å². The molecule has 0 aliphatic rings. The third-order valence-corrected chi connectivity index (χ3v) is 8.35. The van der Waals surface area contributed by atoms with E-state index in [0.717, 1.165) is 51.2 Å². The fourth-order valence-corrected chi connectivity index (χ4v) is 5.28. The summed E-state index contributed by atoms with van der Waals surface area (Å²) in [6.45, 7) is 7.69. The van der Waals surface area contributed by atoms with Gasteiger partial charge in [-0.3, -0.25) is 4.18 Å². The van der Waals surface area contributed by atoms with E-state index in [1.54, 1.807) is 7.11 Å². The lowest BCUT2D eigenvalue weighted by Crippen LogP contribution is -2.46. The zero-order chi connectivity index (χ0) is 31.4. The second-order valence-corrected chi connectivity index (χ2v) is 14.0. The van der Waals surface area contributed by atoms with E-state index in [1.165, 1.54) is 89.9 Å². The number of amides is 1. The van der Waals surface area contributed by atoms with Gasteiger partial charge in [-0.1, -0.05) is 116 Å². The Bertz CT molecular complexity index is 719. The van der Waals surface area contributed by atoms with E-state index in [9.17, 15) is 13.2 Å². The molecule has 0 aromatic heterocycles. The molecule has 0 aromatic rings. The van der Waals surface area contributed by atoms with Crippen molar-refractivity contribution in [2.75, 3.05) is 39.7 Å². The van der Waals surface area contributed by atoms with Gasteiger partial charge in [0.25, 0.3) is 10.1 Å². The lowest BCUT2D eigenvalue weighted by Gasteiger charge is -2.28. The Hall–Kier alpha value is -0.900. The molecule has 0 radical (unpaired) electrons. The smallest absolute Gasteiger partial charge is 0.407 e. The van der Waals surface area contributed by atoms with Gasteiger partial charge in [0.05, 0.1) is 26.0 Å². The van der Waals surface area contributed by atoms with Gasteiger partial charge in [-0.15, -0.1) is 0 Å². The SMILES string of the molecule is CCCCCCCCCCCCCCCCCC(C)OC(=O)NCC(C)(COCCCCCCCOS(C)(=O)=O)OC. The highest BCUT2D eigenvalue weighted by atomic mass is 32.2. The summed E-state index contributed by atoms with van der Waals surface area (Å²) in [5, 5.41) is 2.83. The third-order valence-electron chi connectivity index (χ3n) is 7.76. The van der Waals surface area contributed by atoms with Gasteiger partial charge in [-0.25, -0.2) is 4.79 Å². The molecule has 252 valence electrons. The van der Waals surface area contributed by atoms with Crippen molar-refractivity contribution >= 4 is 16.2 Å². The van der Waals surface area contributed by atoms with Crippen LogP contribution in [0.3, 0.4) is 0 Å². The van der Waals surface area contributed by atoms with Gasteiger partial charge in [0.2, 0.25) is 0 Å². The molecule has 0 saturated heterocycles. The summed E-state index contributed by atoms with van der Waals surface area (Å²) in [7, 11) is -1.72. The molecule has 0 fully saturated rings. The number of nitrogens with one attached hydrogen (secondary N) is 1. The largest absolute Gasteiger partial charge is 0.447 e. The molecule has 0 aromatic carbocycles. The first kappa shape index (κ1) is 41.1. The Morgan fingerprint density at radius 1 is 0.738 bits per heavy atom. The second-order valence-electron chi connectivity index (χ2n) is 12.3. The summed E-state index contributed by atoms with van der Waals surface area (Å²) in [6, 6.07) is 0. The molecule has 0 saturated carbocycles. The first-order chi connectivity index (χ1) is 20.1. The number of rotatable bonds is 31. The average Bonchev–Trinajstić information content (AvgIpc) is 2.94. The molecule has 0 bridgehead atoms. The topological polar surface area (TPSA) is 100 Å². The summed E-state index contributed by atoms with van der Waals surface area (Å²) < 4.78 is 43.5. The van der Waals surface area contributed by atoms with Crippen molar-refractivity contribution in [3.63, 3.8) is 0 Å². The normalized spacial score (nSPS) is 14.0. The highest BCUT2D eigenvalue weighted by Gasteiger charge is 2.25. The summed E-state index contributed by atoms with van der Waals surface area (Å²) >= 11 is 0. The first-order valence-corrected chi connectivity index (χ1v) is 18.9. The molecule has 2 unspecified atom stereocenters. The van der Waals surface area contributed by atoms with Crippen molar-refractivity contribution in [3.05, 3.63) is 0 Å². The number of hydrogen-bond acceptors (Lipinski definition) is 7. The minimum Gasteiger partial charge on any atom is -0.447 e. The van der Waals surface area contributed by atoms with Crippen molar-refractivity contribution < 1.29 is 31.6 Å². The molecule has 8 nitrogen and oxygen atoms in total. The third kappa shape index (κ3) is 29.2. The van der Waals surface area contributed by atoms with E-state index < -0.39 is 21.8 Å². The Morgan fingerprint density at radius 3 is 1.67 bits per heavy atom. The average molecular weight is 622 g/mol. The number of carbonyl (C=O) groups is 1. The molecule has 42 heavy (non-hydrogen) atoms. The maximum atomic E-state index is 12.3. The van der Waals surface area contributed by atoms with E-state index in [4.69, 9.17) is 18.4 Å². The zero-order valence-corrected chi connectivity index (χ0v) is 28.8. The molecular formula is C33H67NO7S. The van der Waals surface area contributed by atoms with Gasteiger partial charge >= 0.3 is 6.09 Å². The Labute approximate surface area is 259 Å². The van der Waals surface area contributed by atoms with Gasteiger partial charge in [-0.2, -0.15) is 8.42 Å². The molecule has 1 amide bonds. The molecule has 0 heterocycles. The van der Waals surface area contributed by atoms with Crippen LogP contribution in [0.2, 0.25) is 0 Å². The standard InChI is InChI=1S/C33H67NO7S/c1-6-7-8-9-10-11-12-13-14-15-16-17-18-20-23-26-31(2)41-32(35)34-29-33(3,38-4)30-39-27-24-21-19-22-25-28-40-42(5,36)37/h31H,6-30H2,1-5H3,(H,34,35). The predicted octanol–water partition coefficient (Wildman–Crippen LogP) is 8.71. The zero-order valence-electron chi connectivity index (χ0n) is 28.0. The van der Waals surface area contributed by atoms with Crippen LogP contribution < -0.4 is 5.32 Å². The van der Waals surface area contributed by atoms with E-state index in [0.29, 0.717) is 19.8 Å². The molecule has 0 spiro atoms. The summed E-state index contributed by atoms with van der Waals surface area (Å²) in [6.07, 6.45) is 26.2. The number of alkyl carbamates (subject to hydrolysis) is 1. The van der Waals surface area contributed by atoms with Crippen LogP contribution in [0.1, 0.15) is 156 Å². The van der Waals surface area contributed by atoms with Gasteiger partial charge in [0, 0.05) is 13.7 Å². The molecule has 0 aliphatic heterocycles. The first-order valence-electron chi connectivity index (χ1n) is 17.0. The number of unbranched alkanes of at least 4 members (excludes halogenated alkanes) is 18. The van der Waals surface area contributed by atoms with Gasteiger partial charge in [-0.05, 0) is 39.5 Å². The number of methoxy groups -OCH3 is 1. The Balaban J connectivity index is 3.67. The molecule has 1 N–H and O–H groups in total. The van der Waals surface area contributed by atoms with Crippen LogP contribution in [0, 0.1) is 0 Å².